The Balaban J connectivity index is 2.25. The van der Waals surface area contributed by atoms with Crippen LogP contribution >= 0.6 is 54.8 Å². The topological polar surface area (TPSA) is 55.4 Å². The summed E-state index contributed by atoms with van der Waals surface area (Å²) in [5.41, 5.74) is 0.00479. The zero-order valence-electron chi connectivity index (χ0n) is 10.6. The van der Waals surface area contributed by atoms with Gasteiger partial charge in [-0.05, 0) is 56.1 Å². The lowest BCUT2D eigenvalue weighted by Gasteiger charge is -2.12. The highest BCUT2D eigenvalue weighted by molar-refractivity contribution is 9.13. The van der Waals surface area contributed by atoms with E-state index in [0.29, 0.717) is 8.26 Å². The molecule has 1 aromatic carbocycles. The van der Waals surface area contributed by atoms with Crippen LogP contribution in [-0.4, -0.2) is 14.8 Å². The fourth-order valence-corrected chi connectivity index (χ4v) is 5.52. The number of ether oxygens (including phenoxy) is 1. The van der Waals surface area contributed by atoms with Crippen LogP contribution in [0, 0.1) is 0 Å². The predicted octanol–water partition coefficient (Wildman–Crippen LogP) is 5.63. The normalized spacial score (nSPS) is 12.3. The van der Waals surface area contributed by atoms with Gasteiger partial charge in [-0.15, -0.1) is 24.5 Å². The lowest BCUT2D eigenvalue weighted by atomic mass is 10.3. The first-order valence-corrected chi connectivity index (χ1v) is 9.77. The van der Waals surface area contributed by atoms with Crippen molar-refractivity contribution in [3.8, 4) is 5.75 Å². The Morgan fingerprint density at radius 3 is 2.35 bits per heavy atom. The molecule has 0 radical (unpaired) electrons. The Morgan fingerprint density at radius 2 is 1.87 bits per heavy atom. The zero-order chi connectivity index (χ0) is 17.4. The molecule has 2 aromatic rings. The summed E-state index contributed by atoms with van der Waals surface area (Å²) in [6.45, 7) is 0. The summed E-state index contributed by atoms with van der Waals surface area (Å²) in [5, 5.41) is -0.379. The van der Waals surface area contributed by atoms with Gasteiger partial charge in [0.15, 0.2) is 0 Å². The number of halogens is 6. The summed E-state index contributed by atoms with van der Waals surface area (Å²) in [5.74, 6) is -0.622. The van der Waals surface area contributed by atoms with Gasteiger partial charge in [-0.25, -0.2) is 8.42 Å². The Hall–Kier alpha value is -0.490. The molecule has 0 unspecified atom stereocenters. The number of sulfonamides is 1. The molecular weight excluding hydrogens is 511 g/mol. The van der Waals surface area contributed by atoms with Gasteiger partial charge in [0.1, 0.15) is 9.96 Å². The van der Waals surface area contributed by atoms with Crippen LogP contribution in [-0.2, 0) is 10.0 Å². The molecule has 1 heterocycles. The van der Waals surface area contributed by atoms with E-state index in [9.17, 15) is 21.6 Å². The van der Waals surface area contributed by atoms with Crippen molar-refractivity contribution in [3.05, 3.63) is 37.5 Å². The van der Waals surface area contributed by atoms with Crippen LogP contribution < -0.4 is 9.46 Å². The van der Waals surface area contributed by atoms with E-state index < -0.39 is 22.1 Å². The molecule has 0 amide bonds. The molecule has 0 bridgehead atoms. The van der Waals surface area contributed by atoms with E-state index in [4.69, 9.17) is 11.6 Å². The van der Waals surface area contributed by atoms with Crippen LogP contribution in [0.25, 0.3) is 0 Å². The van der Waals surface area contributed by atoms with Crippen LogP contribution in [0.3, 0.4) is 0 Å². The molecule has 0 spiro atoms. The average molecular weight is 516 g/mol. The van der Waals surface area contributed by atoms with Crippen molar-refractivity contribution in [1.29, 1.82) is 0 Å². The Morgan fingerprint density at radius 1 is 1.22 bits per heavy atom. The summed E-state index contributed by atoms with van der Waals surface area (Å²) < 4.78 is 68.0. The maximum Gasteiger partial charge on any atom is 0.573 e. The summed E-state index contributed by atoms with van der Waals surface area (Å²) >= 11 is 13.0. The van der Waals surface area contributed by atoms with Gasteiger partial charge in [0, 0.05) is 4.47 Å². The fraction of sp³-hybridized carbons (Fsp3) is 0.0909. The minimum Gasteiger partial charge on any atom is -0.404 e. The third kappa shape index (κ3) is 4.99. The largest absolute Gasteiger partial charge is 0.573 e. The highest BCUT2D eigenvalue weighted by Gasteiger charge is 2.32. The molecule has 1 N–H and O–H groups in total. The van der Waals surface area contributed by atoms with Crippen molar-refractivity contribution in [2.24, 2.45) is 0 Å². The summed E-state index contributed by atoms with van der Waals surface area (Å²) in [6, 6.07) is 4.45. The van der Waals surface area contributed by atoms with Crippen molar-refractivity contribution in [1.82, 2.24) is 0 Å². The molecule has 23 heavy (non-hydrogen) atoms. The molecule has 0 aliphatic carbocycles. The summed E-state index contributed by atoms with van der Waals surface area (Å²) in [7, 11) is -3.89. The second-order valence-electron chi connectivity index (χ2n) is 3.99. The van der Waals surface area contributed by atoms with Crippen molar-refractivity contribution in [2.45, 2.75) is 10.6 Å². The minimum atomic E-state index is -4.89. The monoisotopic (exact) mass is 513 g/mol. The third-order valence-electron chi connectivity index (χ3n) is 2.30. The quantitative estimate of drug-likeness (QED) is 0.575. The summed E-state index contributed by atoms with van der Waals surface area (Å²) in [4.78, 5) is 0. The Labute approximate surface area is 154 Å². The first-order chi connectivity index (χ1) is 10.5. The molecule has 0 saturated carbocycles. The molecule has 0 fully saturated rings. The molecule has 0 saturated heterocycles. The van der Waals surface area contributed by atoms with Crippen LogP contribution in [0.4, 0.5) is 18.9 Å². The van der Waals surface area contributed by atoms with Gasteiger partial charge >= 0.3 is 6.36 Å². The van der Waals surface area contributed by atoms with Crippen molar-refractivity contribution < 1.29 is 26.3 Å². The van der Waals surface area contributed by atoms with Crippen LogP contribution in [0.15, 0.2) is 36.7 Å². The van der Waals surface area contributed by atoms with E-state index in [0.717, 1.165) is 29.5 Å². The van der Waals surface area contributed by atoms with E-state index in [-0.39, 0.29) is 14.9 Å². The number of thiophene rings is 1. The first-order valence-electron chi connectivity index (χ1n) is 5.51. The second kappa shape index (κ2) is 6.79. The lowest BCUT2D eigenvalue weighted by Crippen LogP contribution is -2.17. The van der Waals surface area contributed by atoms with Crippen LogP contribution in [0.5, 0.6) is 5.75 Å². The van der Waals surface area contributed by atoms with Gasteiger partial charge < -0.3 is 4.74 Å². The van der Waals surface area contributed by atoms with Crippen molar-refractivity contribution >= 4 is 70.5 Å². The molecule has 0 aliphatic rings. The Bertz CT molecular complexity index is 820. The number of nitrogens with one attached hydrogen (secondary N) is 1. The third-order valence-corrected chi connectivity index (χ3v) is 7.70. The van der Waals surface area contributed by atoms with Crippen molar-refractivity contribution in [3.63, 3.8) is 0 Å². The van der Waals surface area contributed by atoms with Crippen LogP contribution in [0.1, 0.15) is 0 Å². The molecule has 4 nitrogen and oxygen atoms in total. The molecule has 0 aliphatic heterocycles. The fourth-order valence-electron chi connectivity index (χ4n) is 1.44. The lowest BCUT2D eigenvalue weighted by molar-refractivity contribution is -0.274. The van der Waals surface area contributed by atoms with Crippen LogP contribution in [0.2, 0.25) is 5.02 Å². The minimum absolute atomic E-state index is 0.00479. The zero-order valence-corrected chi connectivity index (χ0v) is 16.2. The first kappa shape index (κ1) is 18.8. The molecule has 126 valence electrons. The maximum absolute atomic E-state index is 12.2. The smallest absolute Gasteiger partial charge is 0.404 e. The van der Waals surface area contributed by atoms with Gasteiger partial charge in [0.25, 0.3) is 10.0 Å². The van der Waals surface area contributed by atoms with E-state index in [1.807, 2.05) is 0 Å². The molecular formula is C11H5Br2ClF3NO3S2. The highest BCUT2D eigenvalue weighted by atomic mass is 79.9. The Kier molecular flexibility index (Phi) is 5.56. The molecule has 2 rings (SSSR count). The molecule has 0 atom stereocenters. The van der Waals surface area contributed by atoms with Gasteiger partial charge in [0.05, 0.1) is 14.5 Å². The highest BCUT2D eigenvalue weighted by Crippen LogP contribution is 2.36. The van der Waals surface area contributed by atoms with E-state index in [1.165, 1.54) is 6.07 Å². The summed E-state index contributed by atoms with van der Waals surface area (Å²) in [6.07, 6.45) is -4.89. The second-order valence-corrected chi connectivity index (χ2v) is 9.53. The van der Waals surface area contributed by atoms with Gasteiger partial charge in [-0.1, -0.05) is 11.6 Å². The average Bonchev–Trinajstić information content (AvgIpc) is 2.72. The number of benzene rings is 1. The van der Waals surface area contributed by atoms with Gasteiger partial charge in [-0.3, -0.25) is 4.72 Å². The number of anilines is 1. The predicted molar refractivity (Wildman–Crippen MR) is 88.7 cm³/mol. The number of hydrogen-bond donors (Lipinski definition) is 1. The maximum atomic E-state index is 12.2. The van der Waals surface area contributed by atoms with E-state index in [2.05, 4.69) is 41.3 Å². The molecule has 12 heteroatoms. The SMILES string of the molecule is O=S(=O)(Nc1ccc(OC(F)(F)F)c(Cl)c1)c1cc(Br)c(Br)s1. The number of hydrogen-bond acceptors (Lipinski definition) is 4. The van der Waals surface area contributed by atoms with Gasteiger partial charge in [0.2, 0.25) is 0 Å². The van der Waals surface area contributed by atoms with E-state index >= 15 is 0 Å². The van der Waals surface area contributed by atoms with Crippen molar-refractivity contribution in [2.75, 3.05) is 4.72 Å². The number of alkyl halides is 3. The number of rotatable bonds is 4. The standard InChI is InChI=1S/C11H5Br2ClF3NO3S2/c12-6-4-9(22-10(6)13)23(19,20)18-5-1-2-8(7(14)3-5)21-11(15,16)17/h1-4,18H. The molecule has 1 aromatic heterocycles. The van der Waals surface area contributed by atoms with E-state index in [1.54, 1.807) is 0 Å². The van der Waals surface area contributed by atoms with Gasteiger partial charge in [-0.2, -0.15) is 0 Å².